The molecule has 5 heteroatoms. The summed E-state index contributed by atoms with van der Waals surface area (Å²) in [4.78, 5) is 0. The minimum absolute atomic E-state index is 0.171. The first-order valence-electron chi connectivity index (χ1n) is 6.56. The van der Waals surface area contributed by atoms with E-state index in [1.807, 2.05) is 6.07 Å². The molecule has 1 saturated carbocycles. The Bertz CT molecular complexity index is 439. The van der Waals surface area contributed by atoms with Crippen LogP contribution in [0, 0.1) is 5.92 Å². The molecule has 0 aromatic heterocycles. The molecular weight excluding hydrogens is 310 g/mol. The topological polar surface area (TPSA) is 61.7 Å². The molecule has 1 aromatic rings. The van der Waals surface area contributed by atoms with E-state index in [0.717, 1.165) is 35.8 Å². The number of aliphatic hydroxyl groups is 1. The van der Waals surface area contributed by atoms with Gasteiger partial charge in [0.1, 0.15) is 0 Å². The van der Waals surface area contributed by atoms with E-state index in [4.69, 9.17) is 4.74 Å². The fourth-order valence-electron chi connectivity index (χ4n) is 2.57. The van der Waals surface area contributed by atoms with Crippen molar-refractivity contribution in [3.05, 3.63) is 22.2 Å². The number of aliphatic hydroxyl groups excluding tert-OH is 1. The summed E-state index contributed by atoms with van der Waals surface area (Å²) in [5.41, 5.74) is 0.790. The van der Waals surface area contributed by atoms with Crippen molar-refractivity contribution >= 4 is 15.9 Å². The van der Waals surface area contributed by atoms with E-state index in [0.29, 0.717) is 18.2 Å². The summed E-state index contributed by atoms with van der Waals surface area (Å²) in [7, 11) is 1.54. The van der Waals surface area contributed by atoms with Gasteiger partial charge in [-0.2, -0.15) is 0 Å². The van der Waals surface area contributed by atoms with Crippen LogP contribution in [0.5, 0.6) is 11.5 Å². The van der Waals surface area contributed by atoms with Gasteiger partial charge >= 0.3 is 0 Å². The molecule has 0 heterocycles. The minimum Gasteiger partial charge on any atom is -0.504 e. The lowest BCUT2D eigenvalue weighted by atomic mass is 10.1. The van der Waals surface area contributed by atoms with Gasteiger partial charge in [-0.15, -0.1) is 0 Å². The normalized spacial score (nSPS) is 22.7. The summed E-state index contributed by atoms with van der Waals surface area (Å²) in [5, 5.41) is 23.1. The van der Waals surface area contributed by atoms with Crippen LogP contribution in [0.2, 0.25) is 0 Å². The second-order valence-corrected chi connectivity index (χ2v) is 5.92. The van der Waals surface area contributed by atoms with Gasteiger partial charge in [0.15, 0.2) is 11.5 Å². The van der Waals surface area contributed by atoms with Crippen molar-refractivity contribution in [2.75, 3.05) is 13.7 Å². The zero-order chi connectivity index (χ0) is 13.8. The standard InChI is InChI=1S/C14H20BrNO3/c1-19-13-6-11(15)5-10(14(13)18)8-16-7-9-3-2-4-12(9)17/h5-6,9,12,16-18H,2-4,7-8H2,1H3. The number of hydrogen-bond acceptors (Lipinski definition) is 4. The number of phenolic OH excluding ortho intramolecular Hbond substituents is 1. The van der Waals surface area contributed by atoms with Crippen LogP contribution in [-0.4, -0.2) is 30.0 Å². The van der Waals surface area contributed by atoms with E-state index in [1.165, 1.54) is 7.11 Å². The molecule has 2 unspecified atom stereocenters. The first-order chi connectivity index (χ1) is 9.11. The van der Waals surface area contributed by atoms with Crippen LogP contribution in [0.15, 0.2) is 16.6 Å². The van der Waals surface area contributed by atoms with Crippen molar-refractivity contribution in [1.82, 2.24) is 5.32 Å². The zero-order valence-corrected chi connectivity index (χ0v) is 12.6. The highest BCUT2D eigenvalue weighted by atomic mass is 79.9. The van der Waals surface area contributed by atoms with Gasteiger partial charge in [-0.1, -0.05) is 22.4 Å². The highest BCUT2D eigenvalue weighted by molar-refractivity contribution is 9.10. The summed E-state index contributed by atoms with van der Waals surface area (Å²) in [6.45, 7) is 1.33. The Labute approximate surface area is 121 Å². The molecule has 0 aliphatic heterocycles. The number of nitrogens with one attached hydrogen (secondary N) is 1. The van der Waals surface area contributed by atoms with Gasteiger partial charge in [-0.05, 0) is 30.9 Å². The van der Waals surface area contributed by atoms with Crippen molar-refractivity contribution in [2.45, 2.75) is 31.9 Å². The van der Waals surface area contributed by atoms with Gasteiger partial charge in [-0.25, -0.2) is 0 Å². The van der Waals surface area contributed by atoms with Crippen LogP contribution in [0.25, 0.3) is 0 Å². The number of aromatic hydroxyl groups is 1. The van der Waals surface area contributed by atoms with E-state index in [1.54, 1.807) is 6.07 Å². The third-order valence-electron chi connectivity index (χ3n) is 3.68. The fraction of sp³-hybridized carbons (Fsp3) is 0.571. The molecule has 1 aromatic carbocycles. The molecule has 1 fully saturated rings. The number of ether oxygens (including phenoxy) is 1. The second-order valence-electron chi connectivity index (χ2n) is 5.01. The number of benzene rings is 1. The largest absolute Gasteiger partial charge is 0.504 e. The van der Waals surface area contributed by atoms with E-state index in [-0.39, 0.29) is 11.9 Å². The molecule has 0 spiro atoms. The SMILES string of the molecule is COc1cc(Br)cc(CNCC2CCCC2O)c1O. The molecule has 1 aliphatic rings. The maximum absolute atomic E-state index is 10.0. The van der Waals surface area contributed by atoms with Gasteiger partial charge in [0.05, 0.1) is 13.2 Å². The minimum atomic E-state index is -0.182. The van der Waals surface area contributed by atoms with Crippen LogP contribution < -0.4 is 10.1 Å². The lowest BCUT2D eigenvalue weighted by Gasteiger charge is -2.16. The van der Waals surface area contributed by atoms with Gasteiger partial charge in [0, 0.05) is 23.1 Å². The fourth-order valence-corrected chi connectivity index (χ4v) is 3.05. The number of rotatable bonds is 5. The highest BCUT2D eigenvalue weighted by Crippen LogP contribution is 2.33. The molecule has 0 radical (unpaired) electrons. The predicted octanol–water partition coefficient (Wildman–Crippen LogP) is 2.41. The van der Waals surface area contributed by atoms with Gasteiger partial charge in [0.2, 0.25) is 0 Å². The number of hydrogen-bond donors (Lipinski definition) is 3. The van der Waals surface area contributed by atoms with Crippen LogP contribution in [-0.2, 0) is 6.54 Å². The molecular formula is C14H20BrNO3. The van der Waals surface area contributed by atoms with Gasteiger partial charge in [-0.3, -0.25) is 0 Å². The molecule has 2 rings (SSSR count). The molecule has 0 saturated heterocycles. The first-order valence-corrected chi connectivity index (χ1v) is 7.35. The quantitative estimate of drug-likeness (QED) is 0.776. The average Bonchev–Trinajstić information content (AvgIpc) is 2.79. The Morgan fingerprint density at radius 2 is 2.21 bits per heavy atom. The molecule has 0 bridgehead atoms. The molecule has 4 nitrogen and oxygen atoms in total. The van der Waals surface area contributed by atoms with Crippen LogP contribution in [0.1, 0.15) is 24.8 Å². The van der Waals surface area contributed by atoms with Crippen molar-refractivity contribution in [3.63, 3.8) is 0 Å². The smallest absolute Gasteiger partial charge is 0.162 e. The summed E-state index contributed by atoms with van der Waals surface area (Å²) < 4.78 is 5.99. The van der Waals surface area contributed by atoms with E-state index in [2.05, 4.69) is 21.2 Å². The number of halogens is 1. The summed E-state index contributed by atoms with van der Waals surface area (Å²) in [6, 6.07) is 3.61. The van der Waals surface area contributed by atoms with Crippen molar-refractivity contribution in [3.8, 4) is 11.5 Å². The molecule has 3 N–H and O–H groups in total. The molecule has 1 aliphatic carbocycles. The Hall–Kier alpha value is -0.780. The number of phenols is 1. The van der Waals surface area contributed by atoms with Crippen LogP contribution >= 0.6 is 15.9 Å². The summed E-state index contributed by atoms with van der Waals surface area (Å²) >= 11 is 3.40. The van der Waals surface area contributed by atoms with Gasteiger partial charge < -0.3 is 20.3 Å². The molecule has 19 heavy (non-hydrogen) atoms. The highest BCUT2D eigenvalue weighted by Gasteiger charge is 2.24. The van der Waals surface area contributed by atoms with E-state index < -0.39 is 0 Å². The van der Waals surface area contributed by atoms with E-state index >= 15 is 0 Å². The summed E-state index contributed by atoms with van der Waals surface area (Å²) in [6.07, 6.45) is 2.89. The Kier molecular flexibility index (Phi) is 5.07. The third kappa shape index (κ3) is 3.61. The Morgan fingerprint density at radius 1 is 1.42 bits per heavy atom. The molecule has 0 amide bonds. The van der Waals surface area contributed by atoms with Gasteiger partial charge in [0.25, 0.3) is 0 Å². The van der Waals surface area contributed by atoms with Crippen LogP contribution in [0.3, 0.4) is 0 Å². The zero-order valence-electron chi connectivity index (χ0n) is 11.0. The molecule has 106 valence electrons. The number of methoxy groups -OCH3 is 1. The van der Waals surface area contributed by atoms with E-state index in [9.17, 15) is 10.2 Å². The Morgan fingerprint density at radius 3 is 2.84 bits per heavy atom. The average molecular weight is 330 g/mol. The van der Waals surface area contributed by atoms with Crippen molar-refractivity contribution < 1.29 is 14.9 Å². The van der Waals surface area contributed by atoms with Crippen LogP contribution in [0.4, 0.5) is 0 Å². The second kappa shape index (κ2) is 6.59. The predicted molar refractivity (Wildman–Crippen MR) is 77.4 cm³/mol. The Balaban J connectivity index is 1.94. The third-order valence-corrected chi connectivity index (χ3v) is 4.14. The first kappa shape index (κ1) is 14.6. The lowest BCUT2D eigenvalue weighted by molar-refractivity contribution is 0.131. The van der Waals surface area contributed by atoms with Crippen molar-refractivity contribution in [1.29, 1.82) is 0 Å². The molecule has 2 atom stereocenters. The monoisotopic (exact) mass is 329 g/mol. The lowest BCUT2D eigenvalue weighted by Crippen LogP contribution is -2.27. The maximum atomic E-state index is 10.0. The summed E-state index contributed by atoms with van der Waals surface area (Å²) in [5.74, 6) is 0.966. The van der Waals surface area contributed by atoms with Crippen molar-refractivity contribution in [2.24, 2.45) is 5.92 Å². The maximum Gasteiger partial charge on any atom is 0.162 e.